The SMILES string of the molecule is O=S(=O)(c1ccccc1)N(Cc1cc(Br)cc2cccnc12)S(=O)(=O)c1ccccc1. The van der Waals surface area contributed by atoms with Crippen molar-refractivity contribution in [2.75, 3.05) is 0 Å². The van der Waals surface area contributed by atoms with Crippen molar-refractivity contribution in [3.63, 3.8) is 0 Å². The second-order valence-electron chi connectivity index (χ2n) is 6.71. The van der Waals surface area contributed by atoms with Crippen LogP contribution < -0.4 is 0 Å². The summed E-state index contributed by atoms with van der Waals surface area (Å²) in [6, 6.07) is 22.2. The minimum Gasteiger partial charge on any atom is -0.256 e. The summed E-state index contributed by atoms with van der Waals surface area (Å²) in [4.78, 5) is 4.13. The summed E-state index contributed by atoms with van der Waals surface area (Å²) in [7, 11) is -8.77. The molecule has 0 bridgehead atoms. The van der Waals surface area contributed by atoms with Crippen molar-refractivity contribution in [1.29, 1.82) is 0 Å². The molecule has 0 atom stereocenters. The zero-order valence-electron chi connectivity index (χ0n) is 16.1. The predicted octanol–water partition coefficient (Wildman–Crippen LogP) is 4.58. The summed E-state index contributed by atoms with van der Waals surface area (Å²) in [5.41, 5.74) is 0.992. The van der Waals surface area contributed by atoms with Gasteiger partial charge in [0.25, 0.3) is 20.0 Å². The van der Waals surface area contributed by atoms with Crippen molar-refractivity contribution in [2.45, 2.75) is 16.3 Å². The molecule has 0 aliphatic rings. The molecular weight excluding hydrogens is 500 g/mol. The van der Waals surface area contributed by atoms with Gasteiger partial charge in [-0.3, -0.25) is 4.98 Å². The number of nitrogens with zero attached hydrogens (tertiary/aromatic N) is 2. The molecule has 3 aromatic carbocycles. The minimum absolute atomic E-state index is 0.109. The van der Waals surface area contributed by atoms with Crippen molar-refractivity contribution in [2.24, 2.45) is 0 Å². The molecule has 0 N–H and O–H groups in total. The van der Waals surface area contributed by atoms with E-state index in [0.29, 0.717) is 19.3 Å². The number of pyridine rings is 1. The number of rotatable bonds is 6. The smallest absolute Gasteiger partial charge is 0.256 e. The van der Waals surface area contributed by atoms with Crippen molar-refractivity contribution in [1.82, 2.24) is 8.69 Å². The molecule has 9 heteroatoms. The maximum atomic E-state index is 13.5. The van der Waals surface area contributed by atoms with Crippen LogP contribution in [0.5, 0.6) is 0 Å². The molecule has 0 amide bonds. The first kappa shape index (κ1) is 21.6. The van der Waals surface area contributed by atoms with Crippen LogP contribution in [0, 0.1) is 0 Å². The van der Waals surface area contributed by atoms with E-state index in [0.717, 1.165) is 5.39 Å². The second-order valence-corrected chi connectivity index (χ2v) is 11.6. The normalized spacial score (nSPS) is 12.3. The van der Waals surface area contributed by atoms with Crippen LogP contribution in [0.15, 0.2) is 105 Å². The lowest BCUT2D eigenvalue weighted by Gasteiger charge is -2.23. The largest absolute Gasteiger partial charge is 0.256 e. The fraction of sp³-hybridized carbons (Fsp3) is 0.0455. The van der Waals surface area contributed by atoms with Gasteiger partial charge in [0, 0.05) is 16.1 Å². The Hall–Kier alpha value is -2.59. The van der Waals surface area contributed by atoms with E-state index in [9.17, 15) is 16.8 Å². The Morgan fingerprint density at radius 1 is 0.742 bits per heavy atom. The lowest BCUT2D eigenvalue weighted by molar-refractivity contribution is 0.495. The molecular formula is C22H17BrN2O4S2. The topological polar surface area (TPSA) is 84.4 Å². The van der Waals surface area contributed by atoms with Crippen LogP contribution in [0.2, 0.25) is 0 Å². The molecule has 0 aliphatic heterocycles. The third kappa shape index (κ3) is 4.27. The van der Waals surface area contributed by atoms with Gasteiger partial charge in [-0.1, -0.05) is 62.1 Å². The lowest BCUT2D eigenvalue weighted by Crippen LogP contribution is -2.36. The molecule has 6 nitrogen and oxygen atoms in total. The summed E-state index contributed by atoms with van der Waals surface area (Å²) in [5.74, 6) is 0. The molecule has 0 aliphatic carbocycles. The number of fused-ring (bicyclic) bond motifs is 1. The first-order valence-electron chi connectivity index (χ1n) is 9.21. The summed E-state index contributed by atoms with van der Waals surface area (Å²) in [5, 5.41) is 0.765. The van der Waals surface area contributed by atoms with E-state index in [1.165, 1.54) is 24.3 Å². The Labute approximate surface area is 189 Å². The molecule has 4 aromatic rings. The molecule has 4 rings (SSSR count). The molecule has 0 saturated heterocycles. The van der Waals surface area contributed by atoms with Gasteiger partial charge >= 0.3 is 0 Å². The number of hydrogen-bond donors (Lipinski definition) is 0. The van der Waals surface area contributed by atoms with Crippen molar-refractivity contribution in [3.8, 4) is 0 Å². The quantitative estimate of drug-likeness (QED) is 0.374. The van der Waals surface area contributed by atoms with Gasteiger partial charge in [-0.2, -0.15) is 0 Å². The van der Waals surface area contributed by atoms with Crippen LogP contribution in [0.4, 0.5) is 0 Å². The predicted molar refractivity (Wildman–Crippen MR) is 122 cm³/mol. The van der Waals surface area contributed by atoms with Crippen LogP contribution in [-0.2, 0) is 26.6 Å². The number of benzene rings is 3. The number of halogens is 1. The van der Waals surface area contributed by atoms with E-state index >= 15 is 0 Å². The first-order chi connectivity index (χ1) is 14.8. The molecule has 0 unspecified atom stereocenters. The molecule has 31 heavy (non-hydrogen) atoms. The Bertz CT molecular complexity index is 1370. The van der Waals surface area contributed by atoms with Gasteiger partial charge in [0.15, 0.2) is 0 Å². The monoisotopic (exact) mass is 516 g/mol. The molecule has 158 valence electrons. The van der Waals surface area contributed by atoms with Crippen LogP contribution in [0.3, 0.4) is 0 Å². The lowest BCUT2D eigenvalue weighted by atomic mass is 10.1. The molecule has 1 aromatic heterocycles. The van der Waals surface area contributed by atoms with Gasteiger partial charge in [0.1, 0.15) is 0 Å². The van der Waals surface area contributed by atoms with E-state index in [2.05, 4.69) is 20.9 Å². The average molecular weight is 517 g/mol. The molecule has 0 fully saturated rings. The van der Waals surface area contributed by atoms with E-state index in [4.69, 9.17) is 0 Å². The Kier molecular flexibility index (Phi) is 5.94. The third-order valence-electron chi connectivity index (χ3n) is 4.67. The average Bonchev–Trinajstić information content (AvgIpc) is 2.78. The van der Waals surface area contributed by atoms with Crippen LogP contribution in [-0.4, -0.2) is 25.5 Å². The van der Waals surface area contributed by atoms with Crippen LogP contribution >= 0.6 is 15.9 Å². The molecule has 0 saturated carbocycles. The number of hydrogen-bond acceptors (Lipinski definition) is 5. The van der Waals surface area contributed by atoms with E-state index in [-0.39, 0.29) is 9.79 Å². The maximum absolute atomic E-state index is 13.5. The van der Waals surface area contributed by atoms with E-state index in [1.807, 2.05) is 12.1 Å². The van der Waals surface area contributed by atoms with Gasteiger partial charge < -0.3 is 0 Å². The summed E-state index contributed by atoms with van der Waals surface area (Å²) in [6.07, 6.45) is 1.58. The number of sulfonamides is 2. The highest BCUT2D eigenvalue weighted by Gasteiger charge is 2.37. The zero-order valence-corrected chi connectivity index (χ0v) is 19.3. The Balaban J connectivity index is 1.93. The summed E-state index contributed by atoms with van der Waals surface area (Å²) in [6.45, 7) is -0.401. The van der Waals surface area contributed by atoms with Crippen LogP contribution in [0.25, 0.3) is 10.9 Å². The highest BCUT2D eigenvalue weighted by Crippen LogP contribution is 2.30. The van der Waals surface area contributed by atoms with Crippen molar-refractivity contribution >= 4 is 46.9 Å². The number of aromatic nitrogens is 1. The highest BCUT2D eigenvalue weighted by molar-refractivity contribution is 9.10. The first-order valence-corrected chi connectivity index (χ1v) is 12.9. The van der Waals surface area contributed by atoms with Gasteiger partial charge in [0.2, 0.25) is 0 Å². The fourth-order valence-corrected chi connectivity index (χ4v) is 7.37. The van der Waals surface area contributed by atoms with Gasteiger partial charge in [0.05, 0.1) is 21.9 Å². The fourth-order valence-electron chi connectivity index (χ4n) is 3.21. The highest BCUT2D eigenvalue weighted by atomic mass is 79.9. The van der Waals surface area contributed by atoms with Gasteiger partial charge in [-0.25, -0.2) is 16.8 Å². The van der Waals surface area contributed by atoms with Crippen LogP contribution in [0.1, 0.15) is 5.56 Å². The molecule has 1 heterocycles. The van der Waals surface area contributed by atoms with Gasteiger partial charge in [-0.15, -0.1) is 0 Å². The second kappa shape index (κ2) is 8.51. The summed E-state index contributed by atoms with van der Waals surface area (Å²) >= 11 is 3.42. The zero-order chi connectivity index (χ0) is 22.1. The van der Waals surface area contributed by atoms with Crippen molar-refractivity contribution < 1.29 is 16.8 Å². The minimum atomic E-state index is -4.38. The van der Waals surface area contributed by atoms with E-state index in [1.54, 1.807) is 54.7 Å². The Morgan fingerprint density at radius 2 is 1.29 bits per heavy atom. The van der Waals surface area contributed by atoms with Gasteiger partial charge in [-0.05, 0) is 48.0 Å². The molecule has 0 spiro atoms. The molecule has 0 radical (unpaired) electrons. The third-order valence-corrected chi connectivity index (χ3v) is 9.37. The maximum Gasteiger partial charge on any atom is 0.256 e. The Morgan fingerprint density at radius 3 is 1.84 bits per heavy atom. The summed E-state index contributed by atoms with van der Waals surface area (Å²) < 4.78 is 55.2. The standard InChI is InChI=1S/C22H17BrN2O4S2/c23-19-14-17-8-7-13-24-22(17)18(15-19)16-25(30(26,27)20-9-3-1-4-10-20)31(28,29)21-11-5-2-6-12-21/h1-15H,16H2. The van der Waals surface area contributed by atoms with Crippen molar-refractivity contribution in [3.05, 3.63) is 101 Å². The van der Waals surface area contributed by atoms with E-state index < -0.39 is 26.6 Å².